The second-order valence-corrected chi connectivity index (χ2v) is 9.59. The minimum absolute atomic E-state index is 0.0255. The number of hydrazine groups is 1. The summed E-state index contributed by atoms with van der Waals surface area (Å²) in [6, 6.07) is 25.2. The van der Waals surface area contributed by atoms with Crippen LogP contribution < -0.4 is 16.2 Å². The highest BCUT2D eigenvalue weighted by Gasteiger charge is 2.20. The van der Waals surface area contributed by atoms with Gasteiger partial charge in [0.05, 0.1) is 11.2 Å². The quantitative estimate of drug-likeness (QED) is 0.138. The third-order valence-electron chi connectivity index (χ3n) is 6.69. The summed E-state index contributed by atoms with van der Waals surface area (Å²) in [5.74, 6) is -2.12. The van der Waals surface area contributed by atoms with E-state index in [-0.39, 0.29) is 17.4 Å². The van der Waals surface area contributed by atoms with Gasteiger partial charge in [0.15, 0.2) is 5.75 Å². The topological polar surface area (TPSA) is 147 Å². The molecule has 1 aromatic heterocycles. The smallest absolute Gasteiger partial charge is 0.311 e. The Morgan fingerprint density at radius 2 is 1.59 bits per heavy atom. The number of hydrogen-bond acceptors (Lipinski definition) is 7. The number of aromatic hydroxyl groups is 1. The average Bonchev–Trinajstić information content (AvgIpc) is 3.46. The monoisotopic (exact) mass is 550 g/mol. The fourth-order valence-corrected chi connectivity index (χ4v) is 4.50. The fraction of sp³-hybridized carbons (Fsp3) is 0.0968. The highest BCUT2D eigenvalue weighted by atomic mass is 16.6. The predicted octanol–water partition coefficient (Wildman–Crippen LogP) is 6.27. The Kier molecular flexibility index (Phi) is 7.38. The van der Waals surface area contributed by atoms with E-state index in [0.29, 0.717) is 5.56 Å². The predicted molar refractivity (Wildman–Crippen MR) is 155 cm³/mol. The summed E-state index contributed by atoms with van der Waals surface area (Å²) in [6.07, 6.45) is 1.37. The largest absolute Gasteiger partial charge is 0.502 e. The number of phenols is 1. The molecule has 4 aromatic carbocycles. The number of nitro benzene ring substituents is 1. The van der Waals surface area contributed by atoms with Crippen molar-refractivity contribution in [2.75, 3.05) is 5.32 Å². The van der Waals surface area contributed by atoms with Crippen molar-refractivity contribution in [1.82, 2.24) is 10.9 Å². The van der Waals surface area contributed by atoms with E-state index in [1.807, 2.05) is 24.3 Å². The third-order valence-corrected chi connectivity index (χ3v) is 6.69. The van der Waals surface area contributed by atoms with Gasteiger partial charge in [-0.15, -0.1) is 0 Å². The molecule has 0 bridgehead atoms. The number of rotatable bonds is 7. The molecule has 0 aliphatic heterocycles. The summed E-state index contributed by atoms with van der Waals surface area (Å²) in [7, 11) is 0. The number of hydrogen-bond donors (Lipinski definition) is 4. The molecule has 0 aliphatic rings. The molecule has 2 amide bonds. The molecule has 41 heavy (non-hydrogen) atoms. The van der Waals surface area contributed by atoms with Gasteiger partial charge in [0, 0.05) is 28.9 Å². The first-order valence-corrected chi connectivity index (χ1v) is 12.7. The summed E-state index contributed by atoms with van der Waals surface area (Å²) >= 11 is 0. The molecular formula is C31H26N4O6. The van der Waals surface area contributed by atoms with Gasteiger partial charge in [-0.05, 0) is 72.1 Å². The molecule has 0 saturated carbocycles. The van der Waals surface area contributed by atoms with E-state index in [2.05, 4.69) is 66.4 Å². The van der Waals surface area contributed by atoms with Crippen molar-refractivity contribution in [1.29, 1.82) is 0 Å². The zero-order valence-corrected chi connectivity index (χ0v) is 22.2. The number of nitrogens with one attached hydrogen (secondary N) is 3. The Hall–Kier alpha value is -5.64. The second-order valence-electron chi connectivity index (χ2n) is 9.59. The highest BCUT2D eigenvalue weighted by molar-refractivity contribution is 6.01. The van der Waals surface area contributed by atoms with Crippen LogP contribution in [0.2, 0.25) is 0 Å². The standard InChI is InChI=1S/C31H26N4O6/c1-18-3-4-23-16-21(5-6-22(23)15-18)19(2)32-25-10-7-20(8-11-25)26-13-14-41-29(26)31(38)34-33-30(37)24-9-12-28(36)27(17-24)35(39)40/h3-17,19,32,36H,1-2H3,(H,33,37)(H,34,38). The number of amides is 2. The number of aryl methyl sites for hydroxylation is 1. The number of anilines is 1. The maximum atomic E-state index is 12.8. The average molecular weight is 551 g/mol. The van der Waals surface area contributed by atoms with E-state index in [0.717, 1.165) is 28.9 Å². The number of nitro groups is 1. The summed E-state index contributed by atoms with van der Waals surface area (Å²) in [5.41, 5.74) is 8.22. The minimum atomic E-state index is -0.814. The van der Waals surface area contributed by atoms with Gasteiger partial charge in [-0.2, -0.15) is 0 Å². The number of fused-ring (bicyclic) bond motifs is 1. The van der Waals surface area contributed by atoms with Gasteiger partial charge in [-0.25, -0.2) is 0 Å². The molecule has 1 unspecified atom stereocenters. The van der Waals surface area contributed by atoms with Crippen LogP contribution in [0.15, 0.2) is 95.6 Å². The van der Waals surface area contributed by atoms with Crippen molar-refractivity contribution in [3.05, 3.63) is 124 Å². The Labute approximate surface area is 234 Å². The lowest BCUT2D eigenvalue weighted by atomic mass is 10.0. The van der Waals surface area contributed by atoms with Gasteiger partial charge >= 0.3 is 11.6 Å². The van der Waals surface area contributed by atoms with Crippen LogP contribution in [0.3, 0.4) is 0 Å². The number of carbonyl (C=O) groups is 2. The van der Waals surface area contributed by atoms with Crippen LogP contribution in [0.4, 0.5) is 11.4 Å². The van der Waals surface area contributed by atoms with Crippen LogP contribution in [0.1, 0.15) is 45.0 Å². The molecule has 0 aliphatic carbocycles. The fourth-order valence-electron chi connectivity index (χ4n) is 4.50. The summed E-state index contributed by atoms with van der Waals surface area (Å²) < 4.78 is 5.38. The number of phenolic OH excluding ortho intramolecular Hbond substituents is 1. The second kappa shape index (κ2) is 11.2. The van der Waals surface area contributed by atoms with Gasteiger partial charge < -0.3 is 14.8 Å². The number of carbonyl (C=O) groups excluding carboxylic acids is 2. The van der Waals surface area contributed by atoms with E-state index >= 15 is 0 Å². The molecule has 1 atom stereocenters. The Morgan fingerprint density at radius 3 is 2.34 bits per heavy atom. The molecule has 10 nitrogen and oxygen atoms in total. The normalized spacial score (nSPS) is 11.6. The summed E-state index contributed by atoms with van der Waals surface area (Å²) in [4.78, 5) is 35.4. The van der Waals surface area contributed by atoms with E-state index in [1.165, 1.54) is 28.7 Å². The molecule has 0 saturated heterocycles. The minimum Gasteiger partial charge on any atom is -0.502 e. The van der Waals surface area contributed by atoms with Gasteiger partial charge in [-0.1, -0.05) is 48.0 Å². The van der Waals surface area contributed by atoms with E-state index in [9.17, 15) is 24.8 Å². The number of furan rings is 1. The van der Waals surface area contributed by atoms with Gasteiger partial charge in [0.25, 0.3) is 5.91 Å². The molecule has 0 radical (unpaired) electrons. The van der Waals surface area contributed by atoms with Gasteiger partial charge in [0.2, 0.25) is 5.76 Å². The van der Waals surface area contributed by atoms with E-state index in [4.69, 9.17) is 4.42 Å². The first-order valence-electron chi connectivity index (χ1n) is 12.7. The van der Waals surface area contributed by atoms with Crippen molar-refractivity contribution in [3.8, 4) is 16.9 Å². The molecule has 10 heteroatoms. The van der Waals surface area contributed by atoms with Crippen molar-refractivity contribution < 1.29 is 24.0 Å². The van der Waals surface area contributed by atoms with Crippen molar-refractivity contribution >= 4 is 34.0 Å². The van der Waals surface area contributed by atoms with Crippen molar-refractivity contribution in [2.24, 2.45) is 0 Å². The Bertz CT molecular complexity index is 1780. The van der Waals surface area contributed by atoms with E-state index < -0.39 is 28.2 Å². The molecule has 206 valence electrons. The maximum absolute atomic E-state index is 12.8. The lowest BCUT2D eigenvalue weighted by molar-refractivity contribution is -0.385. The maximum Gasteiger partial charge on any atom is 0.311 e. The molecule has 1 heterocycles. The third kappa shape index (κ3) is 5.86. The van der Waals surface area contributed by atoms with E-state index in [1.54, 1.807) is 6.07 Å². The van der Waals surface area contributed by atoms with Crippen LogP contribution >= 0.6 is 0 Å². The zero-order chi connectivity index (χ0) is 29.1. The summed E-state index contributed by atoms with van der Waals surface area (Å²) in [6.45, 7) is 4.17. The SMILES string of the molecule is Cc1ccc2cc(C(C)Nc3ccc(-c4ccoc4C(=O)NNC(=O)c4ccc(O)c([N+](=O)[O-])c4)cc3)ccc2c1. The lowest BCUT2D eigenvalue weighted by Crippen LogP contribution is -2.41. The Morgan fingerprint density at radius 1 is 0.878 bits per heavy atom. The molecular weight excluding hydrogens is 524 g/mol. The molecule has 4 N–H and O–H groups in total. The van der Waals surface area contributed by atoms with Gasteiger partial charge in [0.1, 0.15) is 0 Å². The zero-order valence-electron chi connectivity index (χ0n) is 22.2. The molecule has 0 fully saturated rings. The van der Waals surface area contributed by atoms with Crippen LogP contribution in [-0.2, 0) is 0 Å². The van der Waals surface area contributed by atoms with Crippen molar-refractivity contribution in [3.63, 3.8) is 0 Å². The molecule has 5 aromatic rings. The molecule has 0 spiro atoms. The first-order chi connectivity index (χ1) is 19.7. The van der Waals surface area contributed by atoms with Crippen LogP contribution in [0.5, 0.6) is 5.75 Å². The lowest BCUT2D eigenvalue weighted by Gasteiger charge is -2.17. The molecule has 5 rings (SSSR count). The first kappa shape index (κ1) is 26.9. The summed E-state index contributed by atoms with van der Waals surface area (Å²) in [5, 5.41) is 26.5. The number of nitrogens with zero attached hydrogens (tertiary/aromatic N) is 1. The van der Waals surface area contributed by atoms with Crippen LogP contribution in [-0.4, -0.2) is 21.8 Å². The van der Waals surface area contributed by atoms with Gasteiger partial charge in [-0.3, -0.25) is 30.6 Å². The van der Waals surface area contributed by atoms with Crippen LogP contribution in [0, 0.1) is 17.0 Å². The van der Waals surface area contributed by atoms with Crippen molar-refractivity contribution in [2.45, 2.75) is 19.9 Å². The Balaban J connectivity index is 1.24. The van der Waals surface area contributed by atoms with Crippen LogP contribution in [0.25, 0.3) is 21.9 Å². The number of benzene rings is 4. The highest BCUT2D eigenvalue weighted by Crippen LogP contribution is 2.29.